The lowest BCUT2D eigenvalue weighted by atomic mass is 10.0. The van der Waals surface area contributed by atoms with E-state index in [1.54, 1.807) is 13.2 Å². The van der Waals surface area contributed by atoms with E-state index in [0.29, 0.717) is 11.7 Å². The Bertz CT molecular complexity index is 1100. The van der Waals surface area contributed by atoms with Gasteiger partial charge in [-0.2, -0.15) is 4.98 Å². The van der Waals surface area contributed by atoms with E-state index in [4.69, 9.17) is 0 Å². The van der Waals surface area contributed by atoms with Crippen LogP contribution in [0.4, 0.5) is 11.5 Å². The van der Waals surface area contributed by atoms with Crippen molar-refractivity contribution in [3.63, 3.8) is 0 Å². The molecule has 1 saturated heterocycles. The van der Waals surface area contributed by atoms with Gasteiger partial charge in [0.25, 0.3) is 5.78 Å². The molecule has 0 N–H and O–H groups in total. The van der Waals surface area contributed by atoms with E-state index >= 15 is 0 Å². The lowest BCUT2D eigenvalue weighted by molar-refractivity contribution is -0.119. The summed E-state index contributed by atoms with van der Waals surface area (Å²) in [7, 11) is 1.70. The first kappa shape index (κ1) is 19.2. The van der Waals surface area contributed by atoms with Gasteiger partial charge in [0, 0.05) is 32.0 Å². The maximum Gasteiger partial charge on any atom is 0.352 e. The third-order valence-corrected chi connectivity index (χ3v) is 5.47. The molecule has 152 valence electrons. The topological polar surface area (TPSA) is 75.7 Å². The smallest absolute Gasteiger partial charge is 0.352 e. The minimum absolute atomic E-state index is 0.136. The number of piperidine rings is 1. The maximum atomic E-state index is 12.7. The second-order valence-corrected chi connectivity index (χ2v) is 7.88. The highest BCUT2D eigenvalue weighted by atomic mass is 16.2. The number of aryl methyl sites for hydroxylation is 1. The summed E-state index contributed by atoms with van der Waals surface area (Å²) in [5.41, 5.74) is 1.49. The molecule has 0 bridgehead atoms. The monoisotopic (exact) mass is 394 g/mol. The number of benzene rings is 1. The van der Waals surface area contributed by atoms with Gasteiger partial charge in [-0.05, 0) is 49.4 Å². The molecule has 1 atom stereocenters. The van der Waals surface area contributed by atoms with Crippen molar-refractivity contribution in [1.82, 2.24) is 19.2 Å². The summed E-state index contributed by atoms with van der Waals surface area (Å²) in [6.45, 7) is 5.98. The average Bonchev–Trinajstić information content (AvgIpc) is 3.02. The first-order chi connectivity index (χ1) is 13.9. The van der Waals surface area contributed by atoms with Gasteiger partial charge in [0.15, 0.2) is 0 Å². The first-order valence-electron chi connectivity index (χ1n) is 9.97. The molecular weight excluding hydrogens is 368 g/mol. The van der Waals surface area contributed by atoms with Crippen LogP contribution in [0.25, 0.3) is 5.78 Å². The van der Waals surface area contributed by atoms with Crippen LogP contribution in [-0.2, 0) is 11.3 Å². The lowest BCUT2D eigenvalue weighted by Crippen LogP contribution is -2.35. The normalized spacial score (nSPS) is 16.9. The molecule has 0 saturated carbocycles. The highest BCUT2D eigenvalue weighted by molar-refractivity contribution is 5.92. The van der Waals surface area contributed by atoms with E-state index in [2.05, 4.69) is 21.9 Å². The van der Waals surface area contributed by atoms with E-state index in [9.17, 15) is 9.59 Å². The Morgan fingerprint density at radius 2 is 2.14 bits per heavy atom. The SMILES string of the molecule is Cc1cccc(N(C)C(=O)Cn2nc3nc(N4CCC[C@@H](C)C4)ccn3c2=O)c1. The van der Waals surface area contributed by atoms with Crippen molar-refractivity contribution in [1.29, 1.82) is 0 Å². The molecule has 29 heavy (non-hydrogen) atoms. The Kier molecular flexibility index (Phi) is 5.08. The number of fused-ring (bicyclic) bond motifs is 1. The minimum Gasteiger partial charge on any atom is -0.356 e. The van der Waals surface area contributed by atoms with E-state index in [1.807, 2.05) is 37.3 Å². The quantitative estimate of drug-likeness (QED) is 0.677. The molecule has 1 aliphatic rings. The van der Waals surface area contributed by atoms with Gasteiger partial charge in [-0.3, -0.25) is 4.79 Å². The molecule has 4 rings (SSSR count). The van der Waals surface area contributed by atoms with Crippen LogP contribution in [0.15, 0.2) is 41.3 Å². The van der Waals surface area contributed by atoms with Crippen molar-refractivity contribution in [2.75, 3.05) is 29.9 Å². The number of carbonyl (C=O) groups excluding carboxylic acids is 1. The van der Waals surface area contributed by atoms with Gasteiger partial charge < -0.3 is 9.80 Å². The van der Waals surface area contributed by atoms with Gasteiger partial charge in [0.05, 0.1) is 0 Å². The third-order valence-electron chi connectivity index (χ3n) is 5.47. The van der Waals surface area contributed by atoms with Crippen LogP contribution in [0.5, 0.6) is 0 Å². The molecule has 1 fully saturated rings. The molecule has 0 radical (unpaired) electrons. The molecule has 8 heteroatoms. The van der Waals surface area contributed by atoms with Crippen LogP contribution in [0.3, 0.4) is 0 Å². The minimum atomic E-state index is -0.364. The second-order valence-electron chi connectivity index (χ2n) is 7.88. The fourth-order valence-corrected chi connectivity index (χ4v) is 3.79. The van der Waals surface area contributed by atoms with E-state index in [0.717, 1.165) is 36.6 Å². The van der Waals surface area contributed by atoms with E-state index in [1.165, 1.54) is 20.4 Å². The van der Waals surface area contributed by atoms with E-state index in [-0.39, 0.29) is 18.1 Å². The van der Waals surface area contributed by atoms with Crippen molar-refractivity contribution >= 4 is 23.2 Å². The molecule has 3 aromatic rings. The molecule has 3 heterocycles. The molecule has 1 aromatic carbocycles. The maximum absolute atomic E-state index is 12.7. The number of anilines is 2. The van der Waals surface area contributed by atoms with Gasteiger partial charge >= 0.3 is 5.69 Å². The molecule has 1 aliphatic heterocycles. The fraction of sp³-hybridized carbons (Fsp3) is 0.429. The van der Waals surface area contributed by atoms with Crippen molar-refractivity contribution in [3.8, 4) is 0 Å². The fourth-order valence-electron chi connectivity index (χ4n) is 3.79. The highest BCUT2D eigenvalue weighted by Gasteiger charge is 2.20. The van der Waals surface area contributed by atoms with Crippen LogP contribution in [0, 0.1) is 12.8 Å². The van der Waals surface area contributed by atoms with Gasteiger partial charge in [-0.1, -0.05) is 19.1 Å². The lowest BCUT2D eigenvalue weighted by Gasteiger charge is -2.31. The zero-order chi connectivity index (χ0) is 20.5. The van der Waals surface area contributed by atoms with Crippen LogP contribution < -0.4 is 15.5 Å². The number of nitrogens with zero attached hydrogens (tertiary/aromatic N) is 6. The number of rotatable bonds is 4. The van der Waals surface area contributed by atoms with Crippen molar-refractivity contribution in [2.24, 2.45) is 5.92 Å². The molecule has 0 aliphatic carbocycles. The third kappa shape index (κ3) is 3.87. The number of amides is 1. The summed E-state index contributed by atoms with van der Waals surface area (Å²) in [5.74, 6) is 1.55. The van der Waals surface area contributed by atoms with Gasteiger partial charge in [-0.25, -0.2) is 13.9 Å². The summed E-state index contributed by atoms with van der Waals surface area (Å²) in [6, 6.07) is 9.51. The highest BCUT2D eigenvalue weighted by Crippen LogP contribution is 2.21. The Morgan fingerprint density at radius 3 is 2.90 bits per heavy atom. The largest absolute Gasteiger partial charge is 0.356 e. The van der Waals surface area contributed by atoms with Gasteiger partial charge in [0.2, 0.25) is 5.91 Å². The van der Waals surface area contributed by atoms with Gasteiger partial charge in [-0.15, -0.1) is 5.10 Å². The Labute approximate surface area is 169 Å². The standard InChI is InChI=1S/C21H26N6O2/c1-15-6-4-8-17(12-15)24(3)19(28)14-27-21(29)26-11-9-18(22-20(26)23-27)25-10-5-7-16(2)13-25/h4,6,8-9,11-12,16H,5,7,10,13-14H2,1-3H3/t16-/m1/s1. The number of likely N-dealkylation sites (N-methyl/N-ethyl adjacent to an activating group) is 1. The van der Waals surface area contributed by atoms with Crippen LogP contribution in [0.2, 0.25) is 0 Å². The van der Waals surface area contributed by atoms with Crippen molar-refractivity contribution in [2.45, 2.75) is 33.2 Å². The summed E-state index contributed by atoms with van der Waals surface area (Å²) in [4.78, 5) is 33.7. The van der Waals surface area contributed by atoms with E-state index < -0.39 is 0 Å². The molecule has 1 amide bonds. The number of aromatic nitrogens is 4. The summed E-state index contributed by atoms with van der Waals surface area (Å²) in [6.07, 6.45) is 4.05. The molecule has 2 aromatic heterocycles. The van der Waals surface area contributed by atoms with Crippen molar-refractivity contribution < 1.29 is 4.79 Å². The Balaban J connectivity index is 1.57. The summed E-state index contributed by atoms with van der Waals surface area (Å²) in [5, 5.41) is 4.30. The summed E-state index contributed by atoms with van der Waals surface area (Å²) < 4.78 is 2.57. The van der Waals surface area contributed by atoms with Gasteiger partial charge in [0.1, 0.15) is 12.4 Å². The molecular formula is C21H26N6O2. The number of hydrogen-bond donors (Lipinski definition) is 0. The predicted octanol–water partition coefficient (Wildman–Crippen LogP) is 2.10. The zero-order valence-corrected chi connectivity index (χ0v) is 17.1. The second kappa shape index (κ2) is 7.69. The zero-order valence-electron chi connectivity index (χ0n) is 17.1. The predicted molar refractivity (Wildman–Crippen MR) is 112 cm³/mol. The van der Waals surface area contributed by atoms with Crippen LogP contribution in [0.1, 0.15) is 25.3 Å². The average molecular weight is 394 g/mol. The first-order valence-corrected chi connectivity index (χ1v) is 9.97. The Morgan fingerprint density at radius 1 is 1.31 bits per heavy atom. The molecule has 0 spiro atoms. The van der Waals surface area contributed by atoms with Crippen LogP contribution >= 0.6 is 0 Å². The molecule has 0 unspecified atom stereocenters. The number of hydrogen-bond acceptors (Lipinski definition) is 5. The molecule has 8 nitrogen and oxygen atoms in total. The summed E-state index contributed by atoms with van der Waals surface area (Å²) >= 11 is 0. The van der Waals surface area contributed by atoms with Crippen molar-refractivity contribution in [3.05, 3.63) is 52.6 Å². The Hall–Kier alpha value is -3.16. The number of carbonyl (C=O) groups is 1. The van der Waals surface area contributed by atoms with Crippen LogP contribution in [-0.4, -0.2) is 45.2 Å².